The van der Waals surface area contributed by atoms with E-state index in [2.05, 4.69) is 10.3 Å². The number of fused-ring (bicyclic) bond motifs is 1. The monoisotopic (exact) mass is 432 g/mol. The van der Waals surface area contributed by atoms with Crippen LogP contribution in [0.3, 0.4) is 0 Å². The van der Waals surface area contributed by atoms with Crippen LogP contribution in [0.5, 0.6) is 5.75 Å². The van der Waals surface area contributed by atoms with E-state index in [9.17, 15) is 9.59 Å². The van der Waals surface area contributed by atoms with Gasteiger partial charge in [-0.15, -0.1) is 11.3 Å². The Morgan fingerprint density at radius 3 is 2.65 bits per heavy atom. The van der Waals surface area contributed by atoms with Crippen molar-refractivity contribution in [3.8, 4) is 5.75 Å². The summed E-state index contributed by atoms with van der Waals surface area (Å²) in [7, 11) is 1.60. The molecule has 1 N–H and O–H groups in total. The standard InChI is InChI=1S/C24H20N2O4S/c1-29-19-9-6-16(7-10-19)15-26-23(27)22(30-24(28)21-5-3-13-31-21)18-8-11-20-17(14-18)4-2-12-25-20/h2-14,22H,15H2,1H3,(H,26,27). The summed E-state index contributed by atoms with van der Waals surface area (Å²) in [6.07, 6.45) is 0.621. The number of hydrogen-bond donors (Lipinski definition) is 1. The van der Waals surface area contributed by atoms with Gasteiger partial charge >= 0.3 is 5.97 Å². The number of nitrogens with zero attached hydrogens (tertiary/aromatic N) is 1. The molecule has 0 saturated heterocycles. The Balaban J connectivity index is 1.56. The minimum absolute atomic E-state index is 0.297. The van der Waals surface area contributed by atoms with Crippen molar-refractivity contribution in [2.75, 3.05) is 7.11 Å². The molecule has 2 heterocycles. The maximum absolute atomic E-state index is 13.1. The molecule has 1 atom stereocenters. The van der Waals surface area contributed by atoms with E-state index in [1.165, 1.54) is 11.3 Å². The fraction of sp³-hybridized carbons (Fsp3) is 0.125. The van der Waals surface area contributed by atoms with Crippen LogP contribution in [0.2, 0.25) is 0 Å². The van der Waals surface area contributed by atoms with Crippen LogP contribution in [-0.4, -0.2) is 24.0 Å². The van der Waals surface area contributed by atoms with Gasteiger partial charge < -0.3 is 14.8 Å². The fourth-order valence-corrected chi connectivity index (χ4v) is 3.72. The van der Waals surface area contributed by atoms with Crippen LogP contribution in [-0.2, 0) is 16.1 Å². The fourth-order valence-electron chi connectivity index (χ4n) is 3.12. The molecule has 2 aromatic carbocycles. The van der Waals surface area contributed by atoms with Crippen molar-refractivity contribution in [1.29, 1.82) is 0 Å². The molecule has 0 aliphatic heterocycles. The number of amides is 1. The number of hydrogen-bond acceptors (Lipinski definition) is 6. The highest BCUT2D eigenvalue weighted by atomic mass is 32.1. The summed E-state index contributed by atoms with van der Waals surface area (Å²) in [5.74, 6) is -0.197. The molecule has 0 spiro atoms. The van der Waals surface area contributed by atoms with Gasteiger partial charge in [0.1, 0.15) is 10.6 Å². The van der Waals surface area contributed by atoms with E-state index in [0.717, 1.165) is 22.2 Å². The molecule has 6 nitrogen and oxygen atoms in total. The van der Waals surface area contributed by atoms with E-state index in [1.54, 1.807) is 36.9 Å². The molecule has 1 amide bonds. The summed E-state index contributed by atoms with van der Waals surface area (Å²) >= 11 is 1.27. The second kappa shape index (κ2) is 9.40. The third-order valence-corrected chi connectivity index (χ3v) is 5.59. The van der Waals surface area contributed by atoms with Crippen LogP contribution >= 0.6 is 11.3 Å². The van der Waals surface area contributed by atoms with Gasteiger partial charge in [-0.05, 0) is 47.3 Å². The molecule has 1 unspecified atom stereocenters. The third kappa shape index (κ3) is 4.90. The normalized spacial score (nSPS) is 11.6. The van der Waals surface area contributed by atoms with Crippen LogP contribution in [0.1, 0.15) is 26.9 Å². The lowest BCUT2D eigenvalue weighted by Gasteiger charge is -2.18. The number of carbonyl (C=O) groups is 2. The third-order valence-electron chi connectivity index (χ3n) is 4.74. The molecule has 7 heteroatoms. The number of thiophene rings is 1. The molecule has 0 saturated carbocycles. The number of carbonyl (C=O) groups excluding carboxylic acids is 2. The van der Waals surface area contributed by atoms with Crippen LogP contribution < -0.4 is 10.1 Å². The van der Waals surface area contributed by atoms with Gasteiger partial charge in [-0.1, -0.05) is 30.3 Å². The maximum atomic E-state index is 13.1. The largest absolute Gasteiger partial charge is 0.497 e. The molecule has 0 radical (unpaired) electrons. The van der Waals surface area contributed by atoms with Crippen molar-refractivity contribution in [2.45, 2.75) is 12.6 Å². The van der Waals surface area contributed by atoms with Gasteiger partial charge in [-0.3, -0.25) is 9.78 Å². The smallest absolute Gasteiger partial charge is 0.349 e. The molecule has 4 rings (SSSR count). The maximum Gasteiger partial charge on any atom is 0.349 e. The number of rotatable bonds is 7. The van der Waals surface area contributed by atoms with Crippen LogP contribution in [0.15, 0.2) is 78.3 Å². The van der Waals surface area contributed by atoms with Crippen molar-refractivity contribution in [3.05, 3.63) is 94.3 Å². The lowest BCUT2D eigenvalue weighted by atomic mass is 10.1. The summed E-state index contributed by atoms with van der Waals surface area (Å²) < 4.78 is 10.8. The average Bonchev–Trinajstić information content (AvgIpc) is 3.36. The first kappa shape index (κ1) is 20.6. The Morgan fingerprint density at radius 1 is 1.06 bits per heavy atom. The Bertz CT molecular complexity index is 1190. The molecule has 2 aromatic heterocycles. The lowest BCUT2D eigenvalue weighted by Crippen LogP contribution is -2.31. The number of ether oxygens (including phenoxy) is 2. The highest BCUT2D eigenvalue weighted by Crippen LogP contribution is 2.25. The second-order valence-corrected chi connectivity index (χ2v) is 7.73. The highest BCUT2D eigenvalue weighted by molar-refractivity contribution is 7.11. The van der Waals surface area contributed by atoms with Crippen molar-refractivity contribution in [3.63, 3.8) is 0 Å². The van der Waals surface area contributed by atoms with E-state index < -0.39 is 18.0 Å². The quantitative estimate of drug-likeness (QED) is 0.435. The topological polar surface area (TPSA) is 77.5 Å². The SMILES string of the molecule is COc1ccc(CNC(=O)C(OC(=O)c2cccs2)c2ccc3ncccc3c2)cc1. The van der Waals surface area contributed by atoms with E-state index >= 15 is 0 Å². The van der Waals surface area contributed by atoms with Crippen molar-refractivity contribution in [1.82, 2.24) is 10.3 Å². The van der Waals surface area contributed by atoms with Gasteiger partial charge in [0.15, 0.2) is 0 Å². The van der Waals surface area contributed by atoms with E-state index in [0.29, 0.717) is 17.0 Å². The predicted molar refractivity (Wildman–Crippen MR) is 119 cm³/mol. The van der Waals surface area contributed by atoms with Crippen LogP contribution in [0.4, 0.5) is 0 Å². The van der Waals surface area contributed by atoms with Crippen molar-refractivity contribution in [2.24, 2.45) is 0 Å². The second-order valence-electron chi connectivity index (χ2n) is 6.78. The molecule has 0 bridgehead atoms. The summed E-state index contributed by atoms with van der Waals surface area (Å²) in [5, 5.41) is 5.51. The molecule has 156 valence electrons. The van der Waals surface area contributed by atoms with Crippen molar-refractivity contribution < 1.29 is 19.1 Å². The number of methoxy groups -OCH3 is 1. The minimum atomic E-state index is -1.09. The van der Waals surface area contributed by atoms with E-state index in [4.69, 9.17) is 9.47 Å². The van der Waals surface area contributed by atoms with Crippen LogP contribution in [0, 0.1) is 0 Å². The minimum Gasteiger partial charge on any atom is -0.497 e. The summed E-state index contributed by atoms with van der Waals surface area (Å²) in [6.45, 7) is 0.297. The van der Waals surface area contributed by atoms with E-state index in [1.807, 2.05) is 48.5 Å². The molecule has 0 fully saturated rings. The Kier molecular flexibility index (Phi) is 6.24. The van der Waals surface area contributed by atoms with Gasteiger partial charge in [-0.2, -0.15) is 0 Å². The number of pyridine rings is 1. The number of nitrogens with one attached hydrogen (secondary N) is 1. The Morgan fingerprint density at radius 2 is 1.90 bits per heavy atom. The van der Waals surface area contributed by atoms with Gasteiger partial charge in [0, 0.05) is 23.7 Å². The zero-order valence-electron chi connectivity index (χ0n) is 16.8. The summed E-state index contributed by atoms with van der Waals surface area (Å²) in [5.41, 5.74) is 2.28. The van der Waals surface area contributed by atoms with Gasteiger partial charge in [0.2, 0.25) is 6.10 Å². The highest BCUT2D eigenvalue weighted by Gasteiger charge is 2.26. The van der Waals surface area contributed by atoms with Crippen molar-refractivity contribution >= 4 is 34.1 Å². The number of aromatic nitrogens is 1. The zero-order valence-corrected chi connectivity index (χ0v) is 17.6. The molecule has 31 heavy (non-hydrogen) atoms. The Labute approximate surface area is 183 Å². The molecule has 4 aromatic rings. The summed E-state index contributed by atoms with van der Waals surface area (Å²) in [4.78, 5) is 30.4. The first-order chi connectivity index (χ1) is 15.1. The van der Waals surface area contributed by atoms with Crippen LogP contribution in [0.25, 0.3) is 10.9 Å². The lowest BCUT2D eigenvalue weighted by molar-refractivity contribution is -0.130. The number of esters is 1. The predicted octanol–water partition coefficient (Wildman–Crippen LogP) is 4.52. The van der Waals surface area contributed by atoms with Gasteiger partial charge in [0.05, 0.1) is 12.6 Å². The molecular weight excluding hydrogens is 412 g/mol. The van der Waals surface area contributed by atoms with E-state index in [-0.39, 0.29) is 0 Å². The number of benzene rings is 2. The first-order valence-corrected chi connectivity index (χ1v) is 10.5. The van der Waals surface area contributed by atoms with Gasteiger partial charge in [-0.25, -0.2) is 4.79 Å². The van der Waals surface area contributed by atoms with Gasteiger partial charge in [0.25, 0.3) is 5.91 Å². The average molecular weight is 433 g/mol. The first-order valence-electron chi connectivity index (χ1n) is 9.64. The summed E-state index contributed by atoms with van der Waals surface area (Å²) in [6, 6.07) is 19.9. The molecule has 0 aliphatic rings. The molecule has 0 aliphatic carbocycles. The molecular formula is C24H20N2O4S. The Hall–Kier alpha value is -3.71. The zero-order chi connectivity index (χ0) is 21.6.